The molecular formula is C12H16ClN3O3. The molecule has 1 aromatic carbocycles. The number of rotatable bonds is 4. The van der Waals surface area contributed by atoms with Crippen molar-refractivity contribution < 1.29 is 9.72 Å². The zero-order valence-corrected chi connectivity index (χ0v) is 11.8. The van der Waals surface area contributed by atoms with Crippen molar-refractivity contribution in [1.29, 1.82) is 0 Å². The van der Waals surface area contributed by atoms with Crippen molar-refractivity contribution in [3.8, 4) is 0 Å². The fourth-order valence-corrected chi connectivity index (χ4v) is 1.94. The van der Waals surface area contributed by atoms with Gasteiger partial charge in [-0.15, -0.1) is 0 Å². The largest absolute Gasteiger partial charge is 0.397 e. The van der Waals surface area contributed by atoms with E-state index in [-0.39, 0.29) is 33.8 Å². The van der Waals surface area contributed by atoms with Crippen molar-refractivity contribution in [3.05, 3.63) is 32.8 Å². The number of hydrogen-bond donors (Lipinski definition) is 1. The van der Waals surface area contributed by atoms with Crippen molar-refractivity contribution in [2.24, 2.45) is 5.92 Å². The number of anilines is 1. The molecule has 0 saturated heterocycles. The Hall–Kier alpha value is -1.82. The van der Waals surface area contributed by atoms with Crippen LogP contribution in [0.2, 0.25) is 5.02 Å². The van der Waals surface area contributed by atoms with E-state index in [0.29, 0.717) is 6.54 Å². The van der Waals surface area contributed by atoms with Crippen LogP contribution in [0.4, 0.5) is 11.4 Å². The molecule has 0 aliphatic rings. The minimum atomic E-state index is -0.607. The molecule has 0 heterocycles. The highest BCUT2D eigenvalue weighted by molar-refractivity contribution is 6.34. The van der Waals surface area contributed by atoms with E-state index in [4.69, 9.17) is 17.3 Å². The molecule has 0 bridgehead atoms. The molecule has 0 atom stereocenters. The number of amides is 1. The zero-order chi connectivity index (χ0) is 14.7. The first-order valence-corrected chi connectivity index (χ1v) is 6.10. The second-order valence-electron chi connectivity index (χ2n) is 4.73. The molecule has 104 valence electrons. The lowest BCUT2D eigenvalue weighted by molar-refractivity contribution is -0.384. The molecule has 0 radical (unpaired) electrons. The van der Waals surface area contributed by atoms with Crippen molar-refractivity contribution >= 4 is 28.9 Å². The Morgan fingerprint density at radius 1 is 1.53 bits per heavy atom. The van der Waals surface area contributed by atoms with Gasteiger partial charge in [0.15, 0.2) is 0 Å². The summed E-state index contributed by atoms with van der Waals surface area (Å²) < 4.78 is 0. The molecule has 0 saturated carbocycles. The van der Waals surface area contributed by atoms with Crippen LogP contribution in [0.5, 0.6) is 0 Å². The third kappa shape index (κ3) is 3.57. The van der Waals surface area contributed by atoms with Gasteiger partial charge in [0, 0.05) is 25.7 Å². The average Bonchev–Trinajstić information content (AvgIpc) is 2.30. The molecule has 6 nitrogen and oxygen atoms in total. The van der Waals surface area contributed by atoms with Crippen LogP contribution in [0.25, 0.3) is 0 Å². The lowest BCUT2D eigenvalue weighted by Crippen LogP contribution is -2.30. The van der Waals surface area contributed by atoms with Crippen LogP contribution in [0.15, 0.2) is 12.1 Å². The topological polar surface area (TPSA) is 89.5 Å². The van der Waals surface area contributed by atoms with Gasteiger partial charge in [-0.2, -0.15) is 0 Å². The Bertz CT molecular complexity index is 517. The van der Waals surface area contributed by atoms with Crippen molar-refractivity contribution in [1.82, 2.24) is 4.90 Å². The van der Waals surface area contributed by atoms with Crippen LogP contribution in [-0.2, 0) is 0 Å². The van der Waals surface area contributed by atoms with Crippen LogP contribution in [0, 0.1) is 16.0 Å². The quantitative estimate of drug-likeness (QED) is 0.523. The van der Waals surface area contributed by atoms with Gasteiger partial charge < -0.3 is 10.6 Å². The normalized spacial score (nSPS) is 10.6. The molecule has 1 amide bonds. The first-order valence-electron chi connectivity index (χ1n) is 5.73. The molecule has 1 aromatic rings. The number of benzene rings is 1. The number of carbonyl (C=O) groups is 1. The summed E-state index contributed by atoms with van der Waals surface area (Å²) in [5, 5.41) is 10.8. The van der Waals surface area contributed by atoms with E-state index in [0.717, 1.165) is 12.1 Å². The highest BCUT2D eigenvalue weighted by atomic mass is 35.5. The maximum absolute atomic E-state index is 12.2. The van der Waals surface area contributed by atoms with Gasteiger partial charge in [0.05, 0.1) is 21.2 Å². The summed E-state index contributed by atoms with van der Waals surface area (Å²) >= 11 is 5.82. The molecule has 0 unspecified atom stereocenters. The molecular weight excluding hydrogens is 270 g/mol. The second-order valence-corrected chi connectivity index (χ2v) is 5.13. The maximum atomic E-state index is 12.2. The summed E-state index contributed by atoms with van der Waals surface area (Å²) in [7, 11) is 1.62. The number of nitrogen functional groups attached to an aromatic ring is 1. The SMILES string of the molecule is CC(C)CN(C)C(=O)c1cc([N+](=O)[O-])cc(Cl)c1N. The van der Waals surface area contributed by atoms with E-state index < -0.39 is 4.92 Å². The Balaban J connectivity index is 3.18. The number of nitro groups is 1. The third-order valence-corrected chi connectivity index (χ3v) is 2.85. The maximum Gasteiger partial charge on any atom is 0.271 e. The average molecular weight is 286 g/mol. The van der Waals surface area contributed by atoms with Gasteiger partial charge in [-0.25, -0.2) is 0 Å². The number of hydrogen-bond acceptors (Lipinski definition) is 4. The Morgan fingerprint density at radius 3 is 2.58 bits per heavy atom. The molecule has 0 aliphatic heterocycles. The van der Waals surface area contributed by atoms with Crippen LogP contribution in [0.1, 0.15) is 24.2 Å². The number of carbonyl (C=O) groups excluding carboxylic acids is 1. The van der Waals surface area contributed by atoms with Crippen molar-refractivity contribution in [2.75, 3.05) is 19.3 Å². The third-order valence-electron chi connectivity index (χ3n) is 2.54. The van der Waals surface area contributed by atoms with E-state index in [1.54, 1.807) is 7.05 Å². The van der Waals surface area contributed by atoms with Crippen LogP contribution in [0.3, 0.4) is 0 Å². The molecule has 7 heteroatoms. The monoisotopic (exact) mass is 285 g/mol. The molecule has 0 spiro atoms. The smallest absolute Gasteiger partial charge is 0.271 e. The number of nitro benzene ring substituents is 1. The van der Waals surface area contributed by atoms with Gasteiger partial charge in [-0.05, 0) is 5.92 Å². The van der Waals surface area contributed by atoms with Crippen molar-refractivity contribution in [2.45, 2.75) is 13.8 Å². The molecule has 1 rings (SSSR count). The van der Waals surface area contributed by atoms with Crippen LogP contribution < -0.4 is 5.73 Å². The van der Waals surface area contributed by atoms with E-state index in [9.17, 15) is 14.9 Å². The lowest BCUT2D eigenvalue weighted by atomic mass is 10.1. The first kappa shape index (κ1) is 15.2. The van der Waals surface area contributed by atoms with Crippen molar-refractivity contribution in [3.63, 3.8) is 0 Å². The predicted molar refractivity (Wildman–Crippen MR) is 74.3 cm³/mol. The van der Waals surface area contributed by atoms with E-state index in [1.807, 2.05) is 13.8 Å². The summed E-state index contributed by atoms with van der Waals surface area (Å²) in [6.07, 6.45) is 0. The van der Waals surface area contributed by atoms with Gasteiger partial charge in [-0.3, -0.25) is 14.9 Å². The fourth-order valence-electron chi connectivity index (χ4n) is 1.72. The molecule has 0 fully saturated rings. The number of non-ortho nitro benzene ring substituents is 1. The minimum Gasteiger partial charge on any atom is -0.397 e. The zero-order valence-electron chi connectivity index (χ0n) is 11.0. The predicted octanol–water partition coefficient (Wildman–Crippen LogP) is 2.56. The Morgan fingerprint density at radius 2 is 2.11 bits per heavy atom. The van der Waals surface area contributed by atoms with Crippen LogP contribution >= 0.6 is 11.6 Å². The number of halogens is 1. The Labute approximate surface area is 116 Å². The molecule has 2 N–H and O–H groups in total. The second kappa shape index (κ2) is 5.88. The minimum absolute atomic E-state index is 0.00972. The first-order chi connectivity index (χ1) is 8.73. The van der Waals surface area contributed by atoms with Gasteiger partial charge >= 0.3 is 0 Å². The molecule has 0 aromatic heterocycles. The van der Waals surface area contributed by atoms with Gasteiger partial charge in [0.25, 0.3) is 11.6 Å². The number of nitrogens with two attached hydrogens (primary N) is 1. The van der Waals surface area contributed by atoms with Gasteiger partial charge in [0.2, 0.25) is 0 Å². The summed E-state index contributed by atoms with van der Waals surface area (Å²) in [5.74, 6) is -0.0962. The summed E-state index contributed by atoms with van der Waals surface area (Å²) in [6.45, 7) is 4.46. The molecule has 19 heavy (non-hydrogen) atoms. The van der Waals surface area contributed by atoms with E-state index in [1.165, 1.54) is 4.90 Å². The highest BCUT2D eigenvalue weighted by Crippen LogP contribution is 2.29. The molecule has 0 aliphatic carbocycles. The number of nitrogens with zero attached hydrogens (tertiary/aromatic N) is 2. The van der Waals surface area contributed by atoms with Crippen LogP contribution in [-0.4, -0.2) is 29.3 Å². The summed E-state index contributed by atoms with van der Waals surface area (Å²) in [6, 6.07) is 2.29. The van der Waals surface area contributed by atoms with Gasteiger partial charge in [0.1, 0.15) is 0 Å². The highest BCUT2D eigenvalue weighted by Gasteiger charge is 2.21. The van der Waals surface area contributed by atoms with E-state index in [2.05, 4.69) is 0 Å². The fraction of sp³-hybridized carbons (Fsp3) is 0.417. The lowest BCUT2D eigenvalue weighted by Gasteiger charge is -2.20. The Kier molecular flexibility index (Phi) is 4.72. The summed E-state index contributed by atoms with van der Waals surface area (Å²) in [4.78, 5) is 23.8. The van der Waals surface area contributed by atoms with E-state index >= 15 is 0 Å². The van der Waals surface area contributed by atoms with Gasteiger partial charge in [-0.1, -0.05) is 25.4 Å². The standard InChI is InChI=1S/C12H16ClN3O3/c1-7(2)6-15(3)12(17)9-4-8(16(18)19)5-10(13)11(9)14/h4-5,7H,6,14H2,1-3H3. The summed E-state index contributed by atoms with van der Waals surface area (Å²) in [5.41, 5.74) is 5.59.